The fourth-order valence-corrected chi connectivity index (χ4v) is 2.35. The molecular weight excluding hydrogens is 492 g/mol. The van der Waals surface area contributed by atoms with Crippen LogP contribution >= 0.6 is 7.81 Å². The van der Waals surface area contributed by atoms with Crippen LogP contribution in [-0.4, -0.2) is 9.97 Å². The van der Waals surface area contributed by atoms with Gasteiger partial charge in [0.2, 0.25) is 3.57 Å². The van der Waals surface area contributed by atoms with Gasteiger partial charge < -0.3 is 0 Å². The molecule has 2 aromatic rings. The summed E-state index contributed by atoms with van der Waals surface area (Å²) in [5.41, 5.74) is 7.11. The molecule has 0 saturated carbocycles. The second-order valence-electron chi connectivity index (χ2n) is 5.88. The van der Waals surface area contributed by atoms with Crippen molar-refractivity contribution in [1.82, 2.24) is 9.97 Å². The van der Waals surface area contributed by atoms with Gasteiger partial charge in [-0.1, -0.05) is 0 Å². The third kappa shape index (κ3) is 15.3. The fraction of sp³-hybridized carbons (Fsp3) is 0.375. The van der Waals surface area contributed by atoms with Crippen molar-refractivity contribution in [2.75, 3.05) is 0 Å². The van der Waals surface area contributed by atoms with Gasteiger partial charge >= 0.3 is 33.0 Å². The summed E-state index contributed by atoms with van der Waals surface area (Å²) in [5, 5.41) is 0. The first kappa shape index (κ1) is 25.0. The molecule has 10 heteroatoms. The standard InChI is InChI=1S/C8H11IN.C8H11N.F6P/c1-5-4-6(2)10-7(3)8(5)9;1-6-4-7(2)9-8(3)5-6;1-7(2,3,4,5)6/h4,9H,1-3H3;4-5H,1-3H3;/q+1;;-1. The molecule has 2 heterocycles. The third-order valence-electron chi connectivity index (χ3n) is 2.68. The summed E-state index contributed by atoms with van der Waals surface area (Å²) in [5.74, 6) is 0. The summed E-state index contributed by atoms with van der Waals surface area (Å²) in [7, 11) is -10.7. The maximum absolute atomic E-state index is 10.7. The Morgan fingerprint density at radius 2 is 1.04 bits per heavy atom. The molecule has 0 saturated heterocycles. The summed E-state index contributed by atoms with van der Waals surface area (Å²) >= 11 is 2.04. The van der Waals surface area contributed by atoms with Gasteiger partial charge in [0.05, 0.1) is 5.69 Å². The van der Waals surface area contributed by atoms with Crippen LogP contribution in [0.1, 0.15) is 33.9 Å². The topological polar surface area (TPSA) is 25.8 Å². The van der Waals surface area contributed by atoms with E-state index in [1.54, 1.807) is 0 Å². The van der Waals surface area contributed by atoms with Crippen molar-refractivity contribution in [1.29, 1.82) is 0 Å². The van der Waals surface area contributed by atoms with Gasteiger partial charge in [-0.3, -0.25) is 9.97 Å². The molecule has 0 bridgehead atoms. The van der Waals surface area contributed by atoms with Crippen molar-refractivity contribution >= 4 is 7.81 Å². The second kappa shape index (κ2) is 7.96. The van der Waals surface area contributed by atoms with Crippen molar-refractivity contribution in [3.05, 3.63) is 55.7 Å². The first-order valence-electron chi connectivity index (χ1n) is 7.34. The Kier molecular flexibility index (Phi) is 7.67. The molecule has 0 aliphatic carbocycles. The monoisotopic (exact) mass is 514 g/mol. The molecule has 2 aromatic heterocycles. The Morgan fingerprint density at radius 3 is 1.35 bits per heavy atom. The second-order valence-corrected chi connectivity index (χ2v) is 8.96. The molecule has 0 spiro atoms. The van der Waals surface area contributed by atoms with E-state index < -0.39 is 7.81 Å². The predicted molar refractivity (Wildman–Crippen MR) is 90.6 cm³/mol. The molecule has 2 nitrogen and oxygen atoms in total. The minimum atomic E-state index is -10.7. The van der Waals surface area contributed by atoms with E-state index in [2.05, 4.69) is 48.9 Å². The molecule has 0 amide bonds. The van der Waals surface area contributed by atoms with Crippen LogP contribution in [-0.2, 0) is 0 Å². The Labute approximate surface area is 162 Å². The van der Waals surface area contributed by atoms with Gasteiger partial charge in [-0.2, -0.15) is 0 Å². The van der Waals surface area contributed by atoms with Crippen molar-refractivity contribution in [2.45, 2.75) is 41.5 Å². The van der Waals surface area contributed by atoms with Crippen LogP contribution in [0.15, 0.2) is 18.2 Å². The van der Waals surface area contributed by atoms with E-state index in [-0.39, 0.29) is 0 Å². The SMILES string of the molecule is Cc1cc(C)c([IH+])c(C)n1.Cc1cc(C)nc(C)c1.F[P-](F)(F)(F)(F)F. The van der Waals surface area contributed by atoms with Crippen molar-refractivity contribution in [3.63, 3.8) is 0 Å². The Balaban J connectivity index is 0.000000368. The Bertz CT molecular complexity index is 691. The van der Waals surface area contributed by atoms with E-state index in [1.165, 1.54) is 14.7 Å². The molecule has 0 unspecified atom stereocenters. The zero-order chi connectivity index (χ0) is 21.0. The fourth-order valence-electron chi connectivity index (χ4n) is 2.06. The normalized spacial score (nSPS) is 13.4. The van der Waals surface area contributed by atoms with Crippen molar-refractivity contribution in [3.8, 4) is 0 Å². The number of hydrogen-bond donors (Lipinski definition) is 0. The average molecular weight is 514 g/mol. The summed E-state index contributed by atoms with van der Waals surface area (Å²) < 4.78 is 60.5. The van der Waals surface area contributed by atoms with E-state index in [0.29, 0.717) is 0 Å². The van der Waals surface area contributed by atoms with E-state index in [9.17, 15) is 25.2 Å². The van der Waals surface area contributed by atoms with E-state index in [0.717, 1.165) is 22.8 Å². The number of nitrogens with zero attached hydrogens (tertiary/aromatic N) is 2. The third-order valence-corrected chi connectivity index (χ3v) is 4.44. The average Bonchev–Trinajstić information content (AvgIpc) is 2.30. The zero-order valence-electron chi connectivity index (χ0n) is 15.2. The predicted octanol–water partition coefficient (Wildman–Crippen LogP) is 3.85. The van der Waals surface area contributed by atoms with E-state index in [1.807, 2.05) is 43.4 Å². The number of halogens is 7. The molecule has 26 heavy (non-hydrogen) atoms. The number of rotatable bonds is 0. The van der Waals surface area contributed by atoms with Gasteiger partial charge in [0.25, 0.3) is 22.6 Å². The Hall–Kier alpha value is -0.960. The molecular formula is C16H22F6IN2P. The van der Waals surface area contributed by atoms with Crippen LogP contribution in [0.4, 0.5) is 25.2 Å². The van der Waals surface area contributed by atoms with Crippen LogP contribution in [0.3, 0.4) is 0 Å². The summed E-state index contributed by atoms with van der Waals surface area (Å²) in [6, 6.07) is 6.27. The van der Waals surface area contributed by atoms with Gasteiger partial charge in [-0.15, -0.1) is 0 Å². The molecule has 0 aliphatic rings. The molecule has 2 rings (SSSR count). The maximum atomic E-state index is 9.87. The van der Waals surface area contributed by atoms with Crippen LogP contribution in [0.2, 0.25) is 0 Å². The number of aryl methyl sites for hydroxylation is 6. The summed E-state index contributed by atoms with van der Waals surface area (Å²) in [6.07, 6.45) is 0. The molecule has 0 aromatic carbocycles. The van der Waals surface area contributed by atoms with Crippen molar-refractivity contribution in [2.24, 2.45) is 0 Å². The van der Waals surface area contributed by atoms with E-state index in [4.69, 9.17) is 0 Å². The number of pyridine rings is 2. The molecule has 0 N–H and O–H groups in total. The first-order valence-corrected chi connectivity index (χ1v) is 10.5. The van der Waals surface area contributed by atoms with Gasteiger partial charge in [-0.05, 0) is 65.3 Å². The van der Waals surface area contributed by atoms with Gasteiger partial charge in [-0.25, -0.2) is 0 Å². The molecule has 150 valence electrons. The van der Waals surface area contributed by atoms with Gasteiger partial charge in [0, 0.05) is 22.6 Å². The van der Waals surface area contributed by atoms with Crippen molar-refractivity contribution < 1.29 is 47.8 Å². The van der Waals surface area contributed by atoms with Crippen LogP contribution in [0, 0.1) is 45.1 Å². The van der Waals surface area contributed by atoms with E-state index >= 15 is 0 Å². The number of aromatic nitrogens is 2. The van der Waals surface area contributed by atoms with Crippen LogP contribution in [0.5, 0.6) is 0 Å². The molecule has 0 atom stereocenters. The molecule has 0 aliphatic heterocycles. The zero-order valence-corrected chi connectivity index (χ0v) is 18.5. The minimum absolute atomic E-state index is 1.10. The number of hydrogen-bond acceptors (Lipinski definition) is 2. The first-order chi connectivity index (χ1) is 11.2. The summed E-state index contributed by atoms with van der Waals surface area (Å²) in [4.78, 5) is 8.57. The Morgan fingerprint density at radius 1 is 0.692 bits per heavy atom. The summed E-state index contributed by atoms with van der Waals surface area (Å²) in [6.45, 7) is 12.3. The van der Waals surface area contributed by atoms with Crippen LogP contribution < -0.4 is 22.6 Å². The quantitative estimate of drug-likeness (QED) is 0.304. The van der Waals surface area contributed by atoms with Crippen LogP contribution in [0.25, 0.3) is 0 Å². The molecule has 0 radical (unpaired) electrons. The van der Waals surface area contributed by atoms with Gasteiger partial charge in [0.15, 0.2) is 0 Å². The molecule has 0 fully saturated rings. The van der Waals surface area contributed by atoms with Gasteiger partial charge in [0.1, 0.15) is 0 Å².